The maximum atomic E-state index is 11.2. The van der Waals surface area contributed by atoms with Crippen molar-refractivity contribution >= 4 is 11.5 Å². The molecule has 0 bridgehead atoms. The minimum Gasteiger partial charge on any atom is -0.493 e. The van der Waals surface area contributed by atoms with Gasteiger partial charge in [-0.15, -0.1) is 0 Å². The summed E-state index contributed by atoms with van der Waals surface area (Å²) in [6.07, 6.45) is 4.95. The minimum absolute atomic E-state index is 0.364. The van der Waals surface area contributed by atoms with Gasteiger partial charge in [0, 0.05) is 25.1 Å². The second kappa shape index (κ2) is 5.17. The molecular formula is C13H18N2O2. The van der Waals surface area contributed by atoms with Gasteiger partial charge in [0.2, 0.25) is 0 Å². The highest BCUT2D eigenvalue weighted by molar-refractivity contribution is 5.79. The van der Waals surface area contributed by atoms with Crippen LogP contribution >= 0.6 is 0 Å². The zero-order chi connectivity index (χ0) is 12.3. The van der Waals surface area contributed by atoms with Crippen molar-refractivity contribution in [1.82, 2.24) is 4.98 Å². The van der Waals surface area contributed by atoms with E-state index in [-0.39, 0.29) is 0 Å². The number of hydrogen-bond donors (Lipinski definition) is 1. The third-order valence-corrected chi connectivity index (χ3v) is 3.19. The Morgan fingerprint density at radius 3 is 2.76 bits per heavy atom. The number of aryl methyl sites for hydroxylation is 1. The lowest BCUT2D eigenvalue weighted by molar-refractivity contribution is -0.120. The zero-order valence-corrected chi connectivity index (χ0v) is 10.3. The first kappa shape index (κ1) is 11.9. The van der Waals surface area contributed by atoms with Crippen LogP contribution in [0.4, 0.5) is 5.69 Å². The first-order chi connectivity index (χ1) is 8.20. The number of nitrogens with one attached hydrogen (secondary N) is 1. The van der Waals surface area contributed by atoms with Gasteiger partial charge in [0.05, 0.1) is 18.5 Å². The first-order valence-electron chi connectivity index (χ1n) is 5.98. The lowest BCUT2D eigenvalue weighted by Gasteiger charge is -2.24. The quantitative estimate of drug-likeness (QED) is 0.872. The highest BCUT2D eigenvalue weighted by Gasteiger charge is 2.19. The minimum atomic E-state index is 0.364. The van der Waals surface area contributed by atoms with E-state index >= 15 is 0 Å². The van der Waals surface area contributed by atoms with Gasteiger partial charge >= 0.3 is 0 Å². The fourth-order valence-electron chi connectivity index (χ4n) is 2.23. The first-order valence-corrected chi connectivity index (χ1v) is 5.98. The number of nitrogens with zero attached hydrogens (tertiary/aromatic N) is 1. The van der Waals surface area contributed by atoms with Crippen molar-refractivity contribution in [3.8, 4) is 5.75 Å². The monoisotopic (exact) mass is 234 g/mol. The Morgan fingerprint density at radius 1 is 1.41 bits per heavy atom. The maximum absolute atomic E-state index is 11.2. The Hall–Kier alpha value is -1.58. The molecule has 0 saturated heterocycles. The molecule has 0 atom stereocenters. The molecule has 2 rings (SSSR count). The molecule has 0 aliphatic heterocycles. The second-order valence-corrected chi connectivity index (χ2v) is 4.43. The largest absolute Gasteiger partial charge is 0.493 e. The average molecular weight is 234 g/mol. The summed E-state index contributed by atoms with van der Waals surface area (Å²) in [6.45, 7) is 1.93. The Morgan fingerprint density at radius 2 is 2.12 bits per heavy atom. The van der Waals surface area contributed by atoms with Crippen molar-refractivity contribution in [3.05, 3.63) is 18.0 Å². The molecule has 1 aliphatic carbocycles. The van der Waals surface area contributed by atoms with Crippen molar-refractivity contribution in [2.75, 3.05) is 12.4 Å². The molecule has 4 nitrogen and oxygen atoms in total. The number of Topliss-reactive ketones (excluding diaryl/α,β-unsaturated/α-hetero) is 1. The molecule has 92 valence electrons. The van der Waals surface area contributed by atoms with Crippen LogP contribution in [0.15, 0.2) is 12.3 Å². The summed E-state index contributed by atoms with van der Waals surface area (Å²) in [5, 5.41) is 3.44. The molecule has 0 radical (unpaired) electrons. The molecule has 4 heteroatoms. The van der Waals surface area contributed by atoms with Gasteiger partial charge in [-0.05, 0) is 25.8 Å². The summed E-state index contributed by atoms with van der Waals surface area (Å²) in [4.78, 5) is 15.4. The van der Waals surface area contributed by atoms with Gasteiger partial charge in [0.25, 0.3) is 0 Å². The molecule has 0 aromatic carbocycles. The molecule has 1 fully saturated rings. The molecule has 1 saturated carbocycles. The van der Waals surface area contributed by atoms with Crippen LogP contribution < -0.4 is 10.1 Å². The SMILES string of the molecule is COc1c(NC2CCC(=O)CC2)ccnc1C. The summed E-state index contributed by atoms with van der Waals surface area (Å²) in [6, 6.07) is 2.28. The number of anilines is 1. The van der Waals surface area contributed by atoms with Crippen molar-refractivity contribution in [1.29, 1.82) is 0 Å². The van der Waals surface area contributed by atoms with Crippen molar-refractivity contribution in [2.45, 2.75) is 38.6 Å². The summed E-state index contributed by atoms with van der Waals surface area (Å²) in [5.41, 5.74) is 1.85. The molecule has 17 heavy (non-hydrogen) atoms. The summed E-state index contributed by atoms with van der Waals surface area (Å²) < 4.78 is 5.35. The third kappa shape index (κ3) is 2.75. The molecule has 1 aliphatic rings. The highest BCUT2D eigenvalue weighted by Crippen LogP contribution is 2.29. The van der Waals surface area contributed by atoms with Crippen molar-refractivity contribution < 1.29 is 9.53 Å². The topological polar surface area (TPSA) is 51.2 Å². The Labute approximate surface area is 101 Å². The normalized spacial score (nSPS) is 16.9. The van der Waals surface area contributed by atoms with Gasteiger partial charge in [0.15, 0.2) is 5.75 Å². The molecule has 0 unspecified atom stereocenters. The van der Waals surface area contributed by atoms with Crippen molar-refractivity contribution in [3.63, 3.8) is 0 Å². The van der Waals surface area contributed by atoms with Gasteiger partial charge in [-0.1, -0.05) is 0 Å². The number of ether oxygens (including phenoxy) is 1. The number of carbonyl (C=O) groups is 1. The number of hydrogen-bond acceptors (Lipinski definition) is 4. The summed E-state index contributed by atoms with van der Waals surface area (Å²) >= 11 is 0. The molecule has 1 N–H and O–H groups in total. The van der Waals surface area contributed by atoms with E-state index in [2.05, 4.69) is 10.3 Å². The van der Waals surface area contributed by atoms with E-state index in [0.29, 0.717) is 24.7 Å². The van der Waals surface area contributed by atoms with E-state index in [4.69, 9.17) is 4.74 Å². The van der Waals surface area contributed by atoms with Gasteiger partial charge in [-0.3, -0.25) is 9.78 Å². The fraction of sp³-hybridized carbons (Fsp3) is 0.538. The van der Waals surface area contributed by atoms with E-state index in [1.807, 2.05) is 13.0 Å². The number of methoxy groups -OCH3 is 1. The molecule has 1 aromatic heterocycles. The number of pyridine rings is 1. The Kier molecular flexibility index (Phi) is 3.61. The fourth-order valence-corrected chi connectivity index (χ4v) is 2.23. The van der Waals surface area contributed by atoms with Gasteiger partial charge in [0.1, 0.15) is 5.78 Å². The number of carbonyl (C=O) groups excluding carboxylic acids is 1. The van der Waals surface area contributed by atoms with E-state index in [0.717, 1.165) is 30.0 Å². The number of rotatable bonds is 3. The van der Waals surface area contributed by atoms with Crippen LogP contribution in [0.25, 0.3) is 0 Å². The smallest absolute Gasteiger partial charge is 0.163 e. The van der Waals surface area contributed by atoms with Crippen LogP contribution in [0.1, 0.15) is 31.4 Å². The van der Waals surface area contributed by atoms with E-state index < -0.39 is 0 Å². The average Bonchev–Trinajstić information content (AvgIpc) is 2.32. The third-order valence-electron chi connectivity index (χ3n) is 3.19. The van der Waals surface area contributed by atoms with Crippen LogP contribution in [-0.2, 0) is 4.79 Å². The van der Waals surface area contributed by atoms with Crippen LogP contribution in [0, 0.1) is 6.92 Å². The number of aromatic nitrogens is 1. The predicted molar refractivity (Wildman–Crippen MR) is 66.4 cm³/mol. The highest BCUT2D eigenvalue weighted by atomic mass is 16.5. The Balaban J connectivity index is 2.08. The van der Waals surface area contributed by atoms with E-state index in [1.165, 1.54) is 0 Å². The number of ketones is 1. The molecule has 1 aromatic rings. The summed E-state index contributed by atoms with van der Waals surface area (Å²) in [7, 11) is 1.65. The second-order valence-electron chi connectivity index (χ2n) is 4.43. The van der Waals surface area contributed by atoms with Gasteiger partial charge in [-0.2, -0.15) is 0 Å². The standard InChI is InChI=1S/C13H18N2O2/c1-9-13(17-2)12(7-8-14-9)15-10-3-5-11(16)6-4-10/h7-8,10H,3-6H2,1-2H3,(H,14,15). The molecular weight excluding hydrogens is 216 g/mol. The van der Waals surface area contributed by atoms with E-state index in [1.54, 1.807) is 13.3 Å². The van der Waals surface area contributed by atoms with Gasteiger partial charge in [-0.25, -0.2) is 0 Å². The Bertz CT molecular complexity index is 408. The molecule has 0 spiro atoms. The van der Waals surface area contributed by atoms with Crippen LogP contribution in [0.5, 0.6) is 5.75 Å². The van der Waals surface area contributed by atoms with Crippen LogP contribution in [-0.4, -0.2) is 23.9 Å². The van der Waals surface area contributed by atoms with Crippen molar-refractivity contribution in [2.24, 2.45) is 0 Å². The zero-order valence-electron chi connectivity index (χ0n) is 10.3. The predicted octanol–water partition coefficient (Wildman–Crippen LogP) is 2.32. The summed E-state index contributed by atoms with van der Waals surface area (Å²) in [5.74, 6) is 1.17. The van der Waals surface area contributed by atoms with Gasteiger partial charge < -0.3 is 10.1 Å². The lowest BCUT2D eigenvalue weighted by atomic mass is 9.94. The molecule has 0 amide bonds. The molecule has 1 heterocycles. The lowest BCUT2D eigenvalue weighted by Crippen LogP contribution is -2.26. The van der Waals surface area contributed by atoms with Crippen LogP contribution in [0.2, 0.25) is 0 Å². The van der Waals surface area contributed by atoms with E-state index in [9.17, 15) is 4.79 Å². The van der Waals surface area contributed by atoms with Crippen LogP contribution in [0.3, 0.4) is 0 Å². The maximum Gasteiger partial charge on any atom is 0.163 e.